The van der Waals surface area contributed by atoms with E-state index < -0.39 is 17.3 Å². The monoisotopic (exact) mass is 448 g/mol. The Morgan fingerprint density at radius 1 is 1.09 bits per heavy atom. The Morgan fingerprint density at radius 2 is 1.82 bits per heavy atom. The fourth-order valence-corrected chi connectivity index (χ4v) is 4.17. The summed E-state index contributed by atoms with van der Waals surface area (Å²) in [5.41, 5.74) is 0.634. The number of pyridine rings is 1. The number of ether oxygens (including phenoxy) is 1. The number of fused-ring (bicyclic) bond motifs is 1. The zero-order valence-electron chi connectivity index (χ0n) is 18.8. The van der Waals surface area contributed by atoms with Crippen LogP contribution in [0.2, 0.25) is 0 Å². The summed E-state index contributed by atoms with van der Waals surface area (Å²) in [6.45, 7) is 6.34. The second-order valence-corrected chi connectivity index (χ2v) is 8.89. The molecule has 0 radical (unpaired) electrons. The lowest BCUT2D eigenvalue weighted by Gasteiger charge is -2.32. The number of nitrogens with zero attached hydrogens (tertiary/aromatic N) is 1. The summed E-state index contributed by atoms with van der Waals surface area (Å²) in [6.07, 6.45) is 0.814. The molecule has 4 rings (SSSR count). The van der Waals surface area contributed by atoms with Crippen molar-refractivity contribution < 1.29 is 18.7 Å². The van der Waals surface area contributed by atoms with E-state index in [0.29, 0.717) is 42.1 Å². The molecule has 6 nitrogen and oxygen atoms in total. The number of rotatable bonds is 5. The number of halogens is 1. The summed E-state index contributed by atoms with van der Waals surface area (Å²) in [6, 6.07) is 13.7. The van der Waals surface area contributed by atoms with Gasteiger partial charge in [-0.15, -0.1) is 0 Å². The van der Waals surface area contributed by atoms with Crippen LogP contribution in [0.1, 0.15) is 53.6 Å². The normalized spacial score (nSPS) is 14.5. The molecule has 0 aliphatic heterocycles. The van der Waals surface area contributed by atoms with Gasteiger partial charge in [0.05, 0.1) is 6.61 Å². The molecule has 0 saturated heterocycles. The standard InChI is InChI=1S/C26H25FN2O4/c1-4-33-19-10-8-18(9-11-19)29-22-14-26(2,3)15-23(30)20(22)13-21(25(29)32)24(31)28-17-7-5-6-16(27)12-17/h5-13H,4,14-15H2,1-3H3,(H,28,31). The molecule has 1 aromatic heterocycles. The summed E-state index contributed by atoms with van der Waals surface area (Å²) < 4.78 is 20.5. The van der Waals surface area contributed by atoms with Crippen molar-refractivity contribution in [3.8, 4) is 11.4 Å². The quantitative estimate of drug-likeness (QED) is 0.609. The second kappa shape index (κ2) is 8.65. The van der Waals surface area contributed by atoms with E-state index in [1.807, 2.05) is 20.8 Å². The maximum Gasteiger partial charge on any atom is 0.268 e. The fraction of sp³-hybridized carbons (Fsp3) is 0.269. The predicted octanol–water partition coefficient (Wildman–Crippen LogP) is 4.78. The molecule has 0 unspecified atom stereocenters. The molecule has 0 spiro atoms. The smallest absolute Gasteiger partial charge is 0.268 e. The number of hydrogen-bond donors (Lipinski definition) is 1. The molecule has 0 bridgehead atoms. The lowest BCUT2D eigenvalue weighted by Crippen LogP contribution is -2.37. The molecule has 3 aromatic rings. The van der Waals surface area contributed by atoms with Gasteiger partial charge in [0.1, 0.15) is 17.1 Å². The van der Waals surface area contributed by atoms with Gasteiger partial charge >= 0.3 is 0 Å². The maximum atomic E-state index is 13.6. The zero-order valence-corrected chi connectivity index (χ0v) is 18.8. The lowest BCUT2D eigenvalue weighted by atomic mass is 9.75. The Morgan fingerprint density at radius 3 is 2.48 bits per heavy atom. The summed E-state index contributed by atoms with van der Waals surface area (Å²) in [4.78, 5) is 39.6. The van der Waals surface area contributed by atoms with Crippen molar-refractivity contribution in [2.45, 2.75) is 33.6 Å². The molecule has 170 valence electrons. The number of carbonyl (C=O) groups is 2. The van der Waals surface area contributed by atoms with Crippen molar-refractivity contribution in [2.24, 2.45) is 5.41 Å². The van der Waals surface area contributed by atoms with Crippen molar-refractivity contribution in [3.63, 3.8) is 0 Å². The minimum Gasteiger partial charge on any atom is -0.494 e. The third-order valence-corrected chi connectivity index (χ3v) is 5.62. The lowest BCUT2D eigenvalue weighted by molar-refractivity contribution is 0.0908. The van der Waals surface area contributed by atoms with E-state index in [-0.39, 0.29) is 22.4 Å². The third-order valence-electron chi connectivity index (χ3n) is 5.62. The van der Waals surface area contributed by atoms with Crippen molar-refractivity contribution in [1.29, 1.82) is 0 Å². The summed E-state index contributed by atoms with van der Waals surface area (Å²) >= 11 is 0. The summed E-state index contributed by atoms with van der Waals surface area (Å²) in [7, 11) is 0. The van der Waals surface area contributed by atoms with E-state index in [1.54, 1.807) is 24.3 Å². The molecule has 7 heteroatoms. The maximum absolute atomic E-state index is 13.6. The molecular formula is C26H25FN2O4. The molecule has 1 aliphatic rings. The fourth-order valence-electron chi connectivity index (χ4n) is 4.17. The van der Waals surface area contributed by atoms with Gasteiger partial charge in [-0.3, -0.25) is 19.0 Å². The number of ketones is 1. The van der Waals surface area contributed by atoms with Gasteiger partial charge in [-0.1, -0.05) is 19.9 Å². The predicted molar refractivity (Wildman–Crippen MR) is 124 cm³/mol. The highest BCUT2D eigenvalue weighted by Crippen LogP contribution is 2.35. The van der Waals surface area contributed by atoms with E-state index in [1.165, 1.54) is 28.8 Å². The zero-order chi connectivity index (χ0) is 23.8. The highest BCUT2D eigenvalue weighted by molar-refractivity contribution is 6.07. The second-order valence-electron chi connectivity index (χ2n) is 8.89. The van der Waals surface area contributed by atoms with Crippen molar-refractivity contribution in [1.82, 2.24) is 4.57 Å². The molecule has 1 aliphatic carbocycles. The Kier molecular flexibility index (Phi) is 5.89. The summed E-state index contributed by atoms with van der Waals surface area (Å²) in [5.74, 6) is -0.687. The number of carbonyl (C=O) groups excluding carboxylic acids is 2. The molecule has 2 aromatic carbocycles. The van der Waals surface area contributed by atoms with Gasteiger partial charge < -0.3 is 10.1 Å². The molecule has 0 atom stereocenters. The highest BCUT2D eigenvalue weighted by atomic mass is 19.1. The van der Waals surface area contributed by atoms with Gasteiger partial charge in [0.2, 0.25) is 0 Å². The van der Waals surface area contributed by atoms with Gasteiger partial charge in [0.15, 0.2) is 5.78 Å². The van der Waals surface area contributed by atoms with Crippen LogP contribution in [0.5, 0.6) is 5.75 Å². The first kappa shape index (κ1) is 22.5. The van der Waals surface area contributed by atoms with E-state index in [9.17, 15) is 18.8 Å². The van der Waals surface area contributed by atoms with Crippen molar-refractivity contribution in [3.05, 3.63) is 87.6 Å². The average Bonchev–Trinajstić information content (AvgIpc) is 2.74. The first-order valence-corrected chi connectivity index (χ1v) is 10.8. The Hall–Kier alpha value is -3.74. The number of benzene rings is 2. The Bertz CT molecular complexity index is 1290. The minimum atomic E-state index is -0.703. The van der Waals surface area contributed by atoms with Crippen molar-refractivity contribution >= 4 is 17.4 Å². The van der Waals surface area contributed by atoms with Crippen LogP contribution >= 0.6 is 0 Å². The number of hydrogen-bond acceptors (Lipinski definition) is 4. The first-order chi connectivity index (χ1) is 15.7. The van der Waals surface area contributed by atoms with Gasteiger partial charge in [-0.05, 0) is 67.3 Å². The van der Waals surface area contributed by atoms with Gasteiger partial charge in [-0.2, -0.15) is 0 Å². The van der Waals surface area contributed by atoms with Crippen LogP contribution in [0.15, 0.2) is 59.4 Å². The third kappa shape index (κ3) is 4.58. The number of amides is 1. The molecule has 1 heterocycles. The number of anilines is 1. The highest BCUT2D eigenvalue weighted by Gasteiger charge is 2.35. The van der Waals surface area contributed by atoms with Gasteiger partial charge in [0.25, 0.3) is 11.5 Å². The molecule has 1 amide bonds. The average molecular weight is 448 g/mol. The number of Topliss-reactive ketones (excluding diaryl/α,β-unsaturated/α-hetero) is 1. The SMILES string of the molecule is CCOc1ccc(-n2c3c(cc(C(=O)Nc4cccc(F)c4)c2=O)C(=O)CC(C)(C)C3)cc1. The molecule has 0 fully saturated rings. The molecule has 1 N–H and O–H groups in total. The topological polar surface area (TPSA) is 77.4 Å². The van der Waals surface area contributed by atoms with Crippen molar-refractivity contribution in [2.75, 3.05) is 11.9 Å². The number of aromatic nitrogens is 1. The molecular weight excluding hydrogens is 423 g/mol. The number of nitrogens with one attached hydrogen (secondary N) is 1. The van der Waals surface area contributed by atoms with Crippen LogP contribution in [0.4, 0.5) is 10.1 Å². The molecule has 0 saturated carbocycles. The van der Waals surface area contributed by atoms with Crippen LogP contribution in [0.25, 0.3) is 5.69 Å². The Labute approximate surface area is 191 Å². The largest absolute Gasteiger partial charge is 0.494 e. The van der Waals surface area contributed by atoms with Crippen LogP contribution in [-0.4, -0.2) is 22.9 Å². The minimum absolute atomic E-state index is 0.124. The van der Waals surface area contributed by atoms with Crippen LogP contribution in [0, 0.1) is 11.2 Å². The Balaban J connectivity index is 1.86. The van der Waals surface area contributed by atoms with Crippen LogP contribution in [-0.2, 0) is 6.42 Å². The van der Waals surface area contributed by atoms with E-state index >= 15 is 0 Å². The van der Waals surface area contributed by atoms with E-state index in [0.717, 1.165) is 6.07 Å². The summed E-state index contributed by atoms with van der Waals surface area (Å²) in [5, 5.41) is 2.56. The van der Waals surface area contributed by atoms with Crippen LogP contribution in [0.3, 0.4) is 0 Å². The van der Waals surface area contributed by atoms with E-state index in [2.05, 4.69) is 5.32 Å². The van der Waals surface area contributed by atoms with E-state index in [4.69, 9.17) is 4.74 Å². The van der Waals surface area contributed by atoms with Crippen LogP contribution < -0.4 is 15.6 Å². The first-order valence-electron chi connectivity index (χ1n) is 10.8. The molecule has 33 heavy (non-hydrogen) atoms. The van der Waals surface area contributed by atoms with Gasteiger partial charge in [0, 0.05) is 29.1 Å². The van der Waals surface area contributed by atoms with Gasteiger partial charge in [-0.25, -0.2) is 4.39 Å².